The van der Waals surface area contributed by atoms with Crippen LogP contribution < -0.4 is 10.6 Å². The number of aryl methyl sites for hydroxylation is 1. The van der Waals surface area contributed by atoms with Crippen molar-refractivity contribution < 1.29 is 4.79 Å². The molecule has 0 spiro atoms. The van der Waals surface area contributed by atoms with Gasteiger partial charge in [-0.15, -0.1) is 11.3 Å². The van der Waals surface area contributed by atoms with Gasteiger partial charge in [-0.2, -0.15) is 0 Å². The van der Waals surface area contributed by atoms with E-state index in [4.69, 9.17) is 5.73 Å². The number of hydrogen-bond donors (Lipinski definition) is 1. The lowest BCUT2D eigenvalue weighted by molar-refractivity contribution is 0.0996. The molecule has 0 aliphatic carbocycles. The van der Waals surface area contributed by atoms with E-state index in [1.54, 1.807) is 18.0 Å². The van der Waals surface area contributed by atoms with Crippen molar-refractivity contribution in [2.75, 3.05) is 17.7 Å². The molecule has 0 aliphatic rings. The smallest absolute Gasteiger partial charge is 0.268 e. The summed E-state index contributed by atoms with van der Waals surface area (Å²) in [6.07, 6.45) is 0.870. The van der Waals surface area contributed by atoms with E-state index in [0.29, 0.717) is 5.69 Å². The number of hydrogen-bond acceptors (Lipinski definition) is 3. The van der Waals surface area contributed by atoms with Gasteiger partial charge in [0.1, 0.15) is 0 Å². The van der Waals surface area contributed by atoms with Crippen LogP contribution >= 0.6 is 11.3 Å². The first-order valence-corrected chi connectivity index (χ1v) is 6.71. The molecule has 0 atom stereocenters. The van der Waals surface area contributed by atoms with Crippen molar-refractivity contribution in [3.8, 4) is 0 Å². The van der Waals surface area contributed by atoms with Crippen molar-refractivity contribution in [2.24, 2.45) is 0 Å². The number of anilines is 2. The van der Waals surface area contributed by atoms with Gasteiger partial charge in [0.05, 0.1) is 4.88 Å². The maximum Gasteiger partial charge on any atom is 0.268 e. The quantitative estimate of drug-likeness (QED) is 0.862. The first-order valence-electron chi connectivity index (χ1n) is 5.83. The molecule has 0 radical (unpaired) electrons. The molecule has 2 N–H and O–H groups in total. The van der Waals surface area contributed by atoms with Crippen LogP contribution in [0.25, 0.3) is 0 Å². The molecule has 0 bridgehead atoms. The lowest BCUT2D eigenvalue weighted by Gasteiger charge is -2.17. The zero-order valence-electron chi connectivity index (χ0n) is 10.5. The van der Waals surface area contributed by atoms with Crippen LogP contribution in [0.2, 0.25) is 0 Å². The number of rotatable bonds is 3. The van der Waals surface area contributed by atoms with Crippen LogP contribution in [0.4, 0.5) is 11.4 Å². The predicted molar refractivity (Wildman–Crippen MR) is 77.3 cm³/mol. The first-order chi connectivity index (χ1) is 8.63. The average Bonchev–Trinajstić information content (AvgIpc) is 2.85. The molecular formula is C14H16N2OS. The second-order valence-corrected chi connectivity index (χ2v) is 5.00. The Balaban J connectivity index is 2.29. The van der Waals surface area contributed by atoms with Crippen LogP contribution in [0.5, 0.6) is 0 Å². The molecule has 2 aromatic rings. The van der Waals surface area contributed by atoms with Crippen molar-refractivity contribution in [1.82, 2.24) is 0 Å². The Morgan fingerprint density at radius 3 is 2.83 bits per heavy atom. The molecule has 0 unspecified atom stereocenters. The van der Waals surface area contributed by atoms with E-state index in [9.17, 15) is 4.79 Å². The Morgan fingerprint density at radius 1 is 1.39 bits per heavy atom. The molecule has 1 amide bonds. The Morgan fingerprint density at radius 2 is 2.17 bits per heavy atom. The summed E-state index contributed by atoms with van der Waals surface area (Å²) >= 11 is 1.49. The fourth-order valence-electron chi connectivity index (χ4n) is 1.80. The first kappa shape index (κ1) is 12.6. The fourth-order valence-corrected chi connectivity index (χ4v) is 2.77. The molecule has 3 nitrogen and oxygen atoms in total. The lowest BCUT2D eigenvalue weighted by Crippen LogP contribution is -2.26. The van der Waals surface area contributed by atoms with E-state index in [0.717, 1.165) is 22.5 Å². The minimum absolute atomic E-state index is 0.0208. The third-order valence-electron chi connectivity index (χ3n) is 2.88. The highest BCUT2D eigenvalue weighted by Gasteiger charge is 2.17. The van der Waals surface area contributed by atoms with Gasteiger partial charge in [-0.25, -0.2) is 0 Å². The highest BCUT2D eigenvalue weighted by molar-refractivity contribution is 7.12. The molecule has 18 heavy (non-hydrogen) atoms. The summed E-state index contributed by atoms with van der Waals surface area (Å²) in [5, 5.41) is 1.96. The Kier molecular flexibility index (Phi) is 3.67. The third-order valence-corrected chi connectivity index (χ3v) is 3.83. The van der Waals surface area contributed by atoms with Crippen molar-refractivity contribution in [3.05, 3.63) is 46.2 Å². The number of thiophene rings is 1. The second kappa shape index (κ2) is 5.23. The third kappa shape index (κ3) is 2.38. The van der Waals surface area contributed by atoms with Gasteiger partial charge in [-0.1, -0.05) is 13.0 Å². The summed E-state index contributed by atoms with van der Waals surface area (Å²) in [6.45, 7) is 2.05. The fraction of sp³-hybridized carbons (Fsp3) is 0.214. The summed E-state index contributed by atoms with van der Waals surface area (Å²) in [5.41, 5.74) is 8.31. The van der Waals surface area contributed by atoms with E-state index in [-0.39, 0.29) is 5.91 Å². The topological polar surface area (TPSA) is 46.3 Å². The minimum atomic E-state index is 0.0208. The monoisotopic (exact) mass is 260 g/mol. The van der Waals surface area contributed by atoms with Crippen LogP contribution in [0.3, 0.4) is 0 Å². The van der Waals surface area contributed by atoms with Gasteiger partial charge >= 0.3 is 0 Å². The molecule has 1 aromatic carbocycles. The van der Waals surface area contributed by atoms with Crippen LogP contribution in [-0.2, 0) is 6.42 Å². The van der Waals surface area contributed by atoms with Crippen molar-refractivity contribution in [3.63, 3.8) is 0 Å². The maximum atomic E-state index is 12.4. The Labute approximate surface area is 111 Å². The molecule has 1 aromatic heterocycles. The molecule has 94 valence electrons. The normalized spacial score (nSPS) is 10.3. The van der Waals surface area contributed by atoms with Gasteiger partial charge in [-0.05, 0) is 41.6 Å². The van der Waals surface area contributed by atoms with Gasteiger partial charge in [0, 0.05) is 18.4 Å². The van der Waals surface area contributed by atoms with E-state index in [2.05, 4.69) is 6.92 Å². The molecule has 4 heteroatoms. The van der Waals surface area contributed by atoms with Gasteiger partial charge in [0.2, 0.25) is 0 Å². The predicted octanol–water partition coefficient (Wildman–Crippen LogP) is 3.17. The van der Waals surface area contributed by atoms with Crippen molar-refractivity contribution >= 4 is 28.6 Å². The summed E-state index contributed by atoms with van der Waals surface area (Å²) in [5.74, 6) is 0.0208. The van der Waals surface area contributed by atoms with Gasteiger partial charge < -0.3 is 10.6 Å². The number of amides is 1. The number of carbonyl (C=O) groups is 1. The molecule has 0 aliphatic heterocycles. The molecule has 0 saturated carbocycles. The molecular weight excluding hydrogens is 244 g/mol. The number of benzene rings is 1. The molecule has 0 saturated heterocycles. The van der Waals surface area contributed by atoms with Gasteiger partial charge in [0.15, 0.2) is 0 Å². The molecule has 1 heterocycles. The zero-order valence-corrected chi connectivity index (χ0v) is 11.3. The van der Waals surface area contributed by atoms with Crippen molar-refractivity contribution in [1.29, 1.82) is 0 Å². The van der Waals surface area contributed by atoms with Crippen LogP contribution in [-0.4, -0.2) is 13.0 Å². The van der Waals surface area contributed by atoms with Gasteiger partial charge in [-0.3, -0.25) is 4.79 Å². The summed E-state index contributed by atoms with van der Waals surface area (Å²) in [4.78, 5) is 14.8. The number of nitrogens with zero attached hydrogens (tertiary/aromatic N) is 1. The largest absolute Gasteiger partial charge is 0.399 e. The SMILES string of the molecule is CCc1ccsc1C(=O)N(C)c1cccc(N)c1. The summed E-state index contributed by atoms with van der Waals surface area (Å²) in [6, 6.07) is 9.35. The lowest BCUT2D eigenvalue weighted by atomic mass is 10.2. The zero-order chi connectivity index (χ0) is 13.1. The van der Waals surface area contributed by atoms with E-state index < -0.39 is 0 Å². The van der Waals surface area contributed by atoms with Crippen molar-refractivity contribution in [2.45, 2.75) is 13.3 Å². The highest BCUT2D eigenvalue weighted by atomic mass is 32.1. The molecule has 2 rings (SSSR count). The maximum absolute atomic E-state index is 12.4. The Bertz CT molecular complexity index is 562. The van der Waals surface area contributed by atoms with Crippen LogP contribution in [0, 0.1) is 0 Å². The average molecular weight is 260 g/mol. The van der Waals surface area contributed by atoms with E-state index in [1.165, 1.54) is 11.3 Å². The minimum Gasteiger partial charge on any atom is -0.399 e. The van der Waals surface area contributed by atoms with Gasteiger partial charge in [0.25, 0.3) is 5.91 Å². The number of nitrogens with two attached hydrogens (primary N) is 1. The van der Waals surface area contributed by atoms with Crippen LogP contribution in [0.1, 0.15) is 22.2 Å². The summed E-state index contributed by atoms with van der Waals surface area (Å²) < 4.78 is 0. The standard InChI is InChI=1S/C14H16N2OS/c1-3-10-7-8-18-13(10)14(17)16(2)12-6-4-5-11(15)9-12/h4-9H,3,15H2,1-2H3. The summed E-state index contributed by atoms with van der Waals surface area (Å²) in [7, 11) is 1.77. The Hall–Kier alpha value is -1.81. The molecule has 0 fully saturated rings. The second-order valence-electron chi connectivity index (χ2n) is 4.09. The number of carbonyl (C=O) groups excluding carboxylic acids is 1. The van der Waals surface area contributed by atoms with Crippen LogP contribution in [0.15, 0.2) is 35.7 Å². The van der Waals surface area contributed by atoms with E-state index >= 15 is 0 Å². The highest BCUT2D eigenvalue weighted by Crippen LogP contribution is 2.23. The van der Waals surface area contributed by atoms with E-state index in [1.807, 2.05) is 29.6 Å². The number of nitrogen functional groups attached to an aromatic ring is 1.